The van der Waals surface area contributed by atoms with Gasteiger partial charge in [0.1, 0.15) is 0 Å². The van der Waals surface area contributed by atoms with Crippen molar-refractivity contribution >= 4 is 22.5 Å². The molecule has 2 aliphatic rings. The Kier molecular flexibility index (Phi) is 3.84. The minimum atomic E-state index is -0.629. The molecule has 8 heteroatoms. The number of nitro groups is 1. The van der Waals surface area contributed by atoms with Crippen LogP contribution in [-0.4, -0.2) is 38.0 Å². The van der Waals surface area contributed by atoms with Gasteiger partial charge >= 0.3 is 11.2 Å². The van der Waals surface area contributed by atoms with Crippen molar-refractivity contribution in [1.29, 1.82) is 0 Å². The smallest absolute Gasteiger partial charge is 0.334 e. The molecule has 1 amide bonds. The van der Waals surface area contributed by atoms with Crippen LogP contribution in [0.1, 0.15) is 28.4 Å². The average molecular weight is 392 g/mol. The maximum atomic E-state index is 13.2. The highest BCUT2D eigenvalue weighted by atomic mass is 16.6. The number of carbonyl (C=O) groups is 1. The molecule has 29 heavy (non-hydrogen) atoms. The lowest BCUT2D eigenvalue weighted by molar-refractivity contribution is -0.386. The average Bonchev–Trinajstić information content (AvgIpc) is 3.08. The zero-order chi connectivity index (χ0) is 20.3. The molecule has 2 aromatic heterocycles. The van der Waals surface area contributed by atoms with Crippen molar-refractivity contribution in [3.63, 3.8) is 0 Å². The summed E-state index contributed by atoms with van der Waals surface area (Å²) in [5.74, 6) is 0.114. The summed E-state index contributed by atoms with van der Waals surface area (Å²) in [6, 6.07) is 10.7. The minimum absolute atomic E-state index is 0.0127. The molecule has 4 heterocycles. The first-order valence-electron chi connectivity index (χ1n) is 9.65. The standard InChI is InChI=1S/C21H20N4O4/c1-22-7-6-14-2-3-15(9-19(14)22)20(26)23-10-13-8-16(12-23)17-4-5-18(25(28)29)21(27)24(17)11-13/h2-7,9,13,16H,8,10-12H2,1H3/t13-,16+/m1/s1. The molecule has 0 radical (unpaired) electrons. The molecule has 2 aliphatic heterocycles. The summed E-state index contributed by atoms with van der Waals surface area (Å²) < 4.78 is 3.53. The first-order valence-corrected chi connectivity index (χ1v) is 9.65. The van der Waals surface area contributed by atoms with Crippen molar-refractivity contribution in [2.24, 2.45) is 13.0 Å². The van der Waals surface area contributed by atoms with E-state index < -0.39 is 16.2 Å². The summed E-state index contributed by atoms with van der Waals surface area (Å²) in [6.45, 7) is 1.47. The predicted molar refractivity (Wildman–Crippen MR) is 107 cm³/mol. The van der Waals surface area contributed by atoms with E-state index in [2.05, 4.69) is 0 Å². The second-order valence-corrected chi connectivity index (χ2v) is 8.03. The van der Waals surface area contributed by atoms with Crippen LogP contribution in [0.2, 0.25) is 0 Å². The van der Waals surface area contributed by atoms with Crippen LogP contribution in [0.4, 0.5) is 5.69 Å². The van der Waals surface area contributed by atoms with Gasteiger partial charge in [-0.1, -0.05) is 6.07 Å². The molecule has 0 saturated carbocycles. The minimum Gasteiger partial charge on any atom is -0.351 e. The molecule has 2 atom stereocenters. The van der Waals surface area contributed by atoms with Gasteiger partial charge in [-0.15, -0.1) is 0 Å². The number of piperidine rings is 1. The molecule has 0 spiro atoms. The number of pyridine rings is 1. The van der Waals surface area contributed by atoms with Crippen LogP contribution < -0.4 is 5.56 Å². The Hall–Kier alpha value is -3.42. The van der Waals surface area contributed by atoms with Crippen LogP contribution in [0.25, 0.3) is 10.9 Å². The van der Waals surface area contributed by atoms with E-state index in [1.54, 1.807) is 6.07 Å². The topological polar surface area (TPSA) is 90.4 Å². The molecule has 8 nitrogen and oxygen atoms in total. The molecule has 0 N–H and O–H groups in total. The fourth-order valence-electron chi connectivity index (χ4n) is 4.82. The van der Waals surface area contributed by atoms with Crippen molar-refractivity contribution in [3.05, 3.63) is 74.3 Å². The number of hydrogen-bond acceptors (Lipinski definition) is 4. The van der Waals surface area contributed by atoms with E-state index in [0.717, 1.165) is 23.0 Å². The fourth-order valence-corrected chi connectivity index (χ4v) is 4.82. The summed E-state index contributed by atoms with van der Waals surface area (Å²) in [6.07, 6.45) is 2.86. The molecule has 3 aromatic rings. The molecule has 0 aliphatic carbocycles. The largest absolute Gasteiger partial charge is 0.351 e. The number of aryl methyl sites for hydroxylation is 1. The Balaban J connectivity index is 1.46. The van der Waals surface area contributed by atoms with Gasteiger partial charge in [-0.05, 0) is 42.0 Å². The van der Waals surface area contributed by atoms with E-state index in [1.807, 2.05) is 47.0 Å². The third-order valence-corrected chi connectivity index (χ3v) is 6.20. The highest BCUT2D eigenvalue weighted by Gasteiger charge is 2.37. The Labute approximate surface area is 166 Å². The number of benzene rings is 1. The van der Waals surface area contributed by atoms with Crippen LogP contribution in [0.3, 0.4) is 0 Å². The molecule has 1 aromatic carbocycles. The van der Waals surface area contributed by atoms with E-state index in [-0.39, 0.29) is 17.7 Å². The van der Waals surface area contributed by atoms with Gasteiger partial charge in [-0.3, -0.25) is 19.7 Å². The highest BCUT2D eigenvalue weighted by molar-refractivity contribution is 5.98. The third-order valence-electron chi connectivity index (χ3n) is 6.20. The SMILES string of the molecule is Cn1ccc2ccc(C(=O)N3C[C@H]4C[C@@H](C3)c3ccc([N+](=O)[O-])c(=O)n3C4)cc21. The number of hydrogen-bond donors (Lipinski definition) is 0. The number of carbonyl (C=O) groups excluding carboxylic acids is 1. The summed E-state index contributed by atoms with van der Waals surface area (Å²) >= 11 is 0. The Morgan fingerprint density at radius 1 is 1.14 bits per heavy atom. The number of nitrogens with zero attached hydrogens (tertiary/aromatic N) is 4. The number of fused-ring (bicyclic) bond motifs is 5. The van der Waals surface area contributed by atoms with Crippen molar-refractivity contribution in [3.8, 4) is 0 Å². The predicted octanol–water partition coefficient (Wildman–Crippen LogP) is 2.51. The first kappa shape index (κ1) is 17.7. The molecule has 1 fully saturated rings. The normalized spacial score (nSPS) is 20.5. The summed E-state index contributed by atoms with van der Waals surface area (Å²) in [4.78, 5) is 38.0. The number of rotatable bonds is 2. The van der Waals surface area contributed by atoms with Gasteiger partial charge in [0.05, 0.1) is 4.92 Å². The summed E-state index contributed by atoms with van der Waals surface area (Å²) in [7, 11) is 1.95. The Morgan fingerprint density at radius 2 is 1.97 bits per heavy atom. The molecule has 2 bridgehead atoms. The Bertz CT molecular complexity index is 1230. The van der Waals surface area contributed by atoms with Crippen molar-refractivity contribution in [2.75, 3.05) is 13.1 Å². The zero-order valence-corrected chi connectivity index (χ0v) is 15.9. The third kappa shape index (κ3) is 2.74. The van der Waals surface area contributed by atoms with Crippen LogP contribution in [0.5, 0.6) is 0 Å². The van der Waals surface area contributed by atoms with Crippen molar-refractivity contribution < 1.29 is 9.72 Å². The van der Waals surface area contributed by atoms with Gasteiger partial charge in [0.2, 0.25) is 0 Å². The number of aromatic nitrogens is 2. The van der Waals surface area contributed by atoms with Crippen LogP contribution >= 0.6 is 0 Å². The van der Waals surface area contributed by atoms with Gasteiger partial charge in [-0.25, -0.2) is 0 Å². The quantitative estimate of drug-likeness (QED) is 0.495. The molecule has 5 rings (SSSR count). The monoisotopic (exact) mass is 392 g/mol. The molecule has 148 valence electrons. The first-order chi connectivity index (χ1) is 13.9. The maximum Gasteiger partial charge on any atom is 0.334 e. The van der Waals surface area contributed by atoms with E-state index in [0.29, 0.717) is 25.2 Å². The van der Waals surface area contributed by atoms with Gasteiger partial charge in [0, 0.05) is 61.6 Å². The second kappa shape index (κ2) is 6.30. The van der Waals surface area contributed by atoms with Gasteiger partial charge < -0.3 is 14.0 Å². The van der Waals surface area contributed by atoms with Crippen LogP contribution in [0, 0.1) is 16.0 Å². The maximum absolute atomic E-state index is 13.2. The van der Waals surface area contributed by atoms with Gasteiger partial charge in [-0.2, -0.15) is 0 Å². The van der Waals surface area contributed by atoms with Gasteiger partial charge in [0.15, 0.2) is 0 Å². The number of amides is 1. The molecule has 0 unspecified atom stereocenters. The second-order valence-electron chi connectivity index (χ2n) is 8.03. The lowest BCUT2D eigenvalue weighted by Crippen LogP contribution is -2.49. The van der Waals surface area contributed by atoms with E-state index in [1.165, 1.54) is 10.6 Å². The van der Waals surface area contributed by atoms with E-state index >= 15 is 0 Å². The molecular formula is C21H20N4O4. The van der Waals surface area contributed by atoms with Crippen LogP contribution in [0.15, 0.2) is 47.4 Å². The lowest BCUT2D eigenvalue weighted by atomic mass is 9.83. The number of likely N-dealkylation sites (tertiary alicyclic amines) is 1. The lowest BCUT2D eigenvalue weighted by Gasteiger charge is -2.42. The summed E-state index contributed by atoms with van der Waals surface area (Å²) in [5.41, 5.74) is 1.51. The molecular weight excluding hydrogens is 372 g/mol. The molecule has 1 saturated heterocycles. The van der Waals surface area contributed by atoms with Crippen molar-refractivity contribution in [2.45, 2.75) is 18.9 Å². The van der Waals surface area contributed by atoms with E-state index in [9.17, 15) is 19.7 Å². The summed E-state index contributed by atoms with van der Waals surface area (Å²) in [5, 5.41) is 12.2. The van der Waals surface area contributed by atoms with E-state index in [4.69, 9.17) is 0 Å². The van der Waals surface area contributed by atoms with Crippen LogP contribution in [-0.2, 0) is 13.6 Å². The Morgan fingerprint density at radius 3 is 2.76 bits per heavy atom. The fraction of sp³-hybridized carbons (Fsp3) is 0.333. The van der Waals surface area contributed by atoms with Gasteiger partial charge in [0.25, 0.3) is 5.91 Å². The highest BCUT2D eigenvalue weighted by Crippen LogP contribution is 2.36. The van der Waals surface area contributed by atoms with Crippen molar-refractivity contribution in [1.82, 2.24) is 14.0 Å². The zero-order valence-electron chi connectivity index (χ0n) is 15.9.